The summed E-state index contributed by atoms with van der Waals surface area (Å²) < 4.78 is 5.72. The summed E-state index contributed by atoms with van der Waals surface area (Å²) in [4.78, 5) is 69.3. The third-order valence-electron chi connectivity index (χ3n) is 9.68. The number of carboxylic acid groups (broad SMARTS) is 1. The minimum atomic E-state index is -1.20. The van der Waals surface area contributed by atoms with Crippen molar-refractivity contribution >= 4 is 52.5 Å². The smallest absolute Gasteiger partial charge is 0.327 e. The van der Waals surface area contributed by atoms with Crippen molar-refractivity contribution in [2.24, 2.45) is 35.5 Å². The fourth-order valence-electron chi connectivity index (χ4n) is 8.04. The number of phenolic OH excluding ortho intramolecular Hbond substituents is 1. The summed E-state index contributed by atoms with van der Waals surface area (Å²) in [6, 6.07) is 12.3. The first-order valence-corrected chi connectivity index (χ1v) is 16.5. The number of H-pyrrole nitrogens is 1. The SMILES string of the molecule is CC(C)C(C(=O)O)N1C(=O)C2C3CC(C2C1=O)C1C3Sc2[nH]c(=O)sc2[C@@H]1c1ccc(OCC(=O)Nc2ccc(O)cc2)cc1. The lowest BCUT2D eigenvalue weighted by Gasteiger charge is -2.43. The molecule has 0 spiro atoms. The standard InChI is InChI=1S/C32H31N3O8S2/c1-13(2)25(31(40)41)35-29(38)23-18-11-19(24(23)30(35)39)26-22(18)21(27-28(44-26)34-32(42)45-27)14-3-9-17(10-4-14)43-12-20(37)33-15-5-7-16(36)8-6-15/h3-10,13,18-19,21-26,36H,11-12H2,1-2H3,(H,33,37)(H,34,42)(H,40,41)/t18?,19?,21-,22?,23?,24?,25?,26?/m1/s1. The molecule has 3 heterocycles. The van der Waals surface area contributed by atoms with Crippen LogP contribution >= 0.6 is 23.1 Å². The molecule has 234 valence electrons. The van der Waals surface area contributed by atoms with E-state index in [4.69, 9.17) is 4.74 Å². The number of aromatic hydroxyl groups is 1. The minimum Gasteiger partial charge on any atom is -0.508 e. The van der Waals surface area contributed by atoms with E-state index in [1.54, 1.807) is 49.9 Å². The highest BCUT2D eigenvalue weighted by Gasteiger charge is 2.70. The number of fused-ring (bicyclic) bond motifs is 9. The molecule has 8 atom stereocenters. The Balaban J connectivity index is 1.14. The molecule has 45 heavy (non-hydrogen) atoms. The van der Waals surface area contributed by atoms with Gasteiger partial charge < -0.3 is 25.3 Å². The number of carbonyl (C=O) groups excluding carboxylic acids is 3. The monoisotopic (exact) mass is 649 g/mol. The van der Waals surface area contributed by atoms with E-state index in [1.165, 1.54) is 12.1 Å². The van der Waals surface area contributed by atoms with Gasteiger partial charge in [-0.05, 0) is 72.1 Å². The lowest BCUT2D eigenvalue weighted by atomic mass is 9.68. The van der Waals surface area contributed by atoms with Gasteiger partial charge in [0.2, 0.25) is 11.8 Å². The Bertz CT molecular complexity index is 1750. The molecule has 2 aromatic carbocycles. The molecule has 0 radical (unpaired) electrons. The van der Waals surface area contributed by atoms with Gasteiger partial charge in [0.1, 0.15) is 17.5 Å². The summed E-state index contributed by atoms with van der Waals surface area (Å²) in [5.41, 5.74) is 1.47. The van der Waals surface area contributed by atoms with E-state index in [9.17, 15) is 34.2 Å². The van der Waals surface area contributed by atoms with Crippen molar-refractivity contribution in [3.8, 4) is 11.5 Å². The fourth-order valence-corrected chi connectivity index (χ4v) is 10.9. The Kier molecular flexibility index (Phi) is 7.27. The molecule has 4 aliphatic rings. The van der Waals surface area contributed by atoms with Gasteiger partial charge in [-0.25, -0.2) is 4.79 Å². The predicted octanol–water partition coefficient (Wildman–Crippen LogP) is 3.74. The van der Waals surface area contributed by atoms with Crippen LogP contribution < -0.4 is 14.9 Å². The van der Waals surface area contributed by atoms with Gasteiger partial charge in [-0.3, -0.25) is 24.1 Å². The Labute approximate surface area is 266 Å². The summed E-state index contributed by atoms with van der Waals surface area (Å²) in [6.45, 7) is 3.19. The Morgan fingerprint density at radius 3 is 2.33 bits per heavy atom. The lowest BCUT2D eigenvalue weighted by molar-refractivity contribution is -0.157. The zero-order valence-electron chi connectivity index (χ0n) is 24.3. The molecule has 13 heteroatoms. The number of aromatic nitrogens is 1. The number of anilines is 1. The summed E-state index contributed by atoms with van der Waals surface area (Å²) in [7, 11) is 0. The molecule has 2 bridgehead atoms. The molecular formula is C32H31N3O8S2. The van der Waals surface area contributed by atoms with Gasteiger partial charge in [-0.15, -0.1) is 11.8 Å². The van der Waals surface area contributed by atoms with E-state index in [1.807, 2.05) is 12.1 Å². The van der Waals surface area contributed by atoms with Crippen molar-refractivity contribution in [3.63, 3.8) is 0 Å². The first-order chi connectivity index (χ1) is 21.5. The van der Waals surface area contributed by atoms with Gasteiger partial charge in [0, 0.05) is 21.7 Å². The van der Waals surface area contributed by atoms with E-state index in [2.05, 4.69) is 10.3 Å². The molecule has 4 N–H and O–H groups in total. The number of nitrogens with one attached hydrogen (secondary N) is 2. The third-order valence-corrected chi connectivity index (χ3v) is 12.3. The minimum absolute atomic E-state index is 0.0162. The second kappa shape index (κ2) is 11.1. The van der Waals surface area contributed by atoms with Crippen molar-refractivity contribution < 1.29 is 34.1 Å². The van der Waals surface area contributed by atoms with Crippen LogP contribution in [0.3, 0.4) is 0 Å². The number of aliphatic carboxylic acids is 1. The second-order valence-corrected chi connectivity index (χ2v) is 14.7. The van der Waals surface area contributed by atoms with Crippen LogP contribution in [0, 0.1) is 35.5 Å². The molecule has 1 aromatic heterocycles. The molecule has 3 fully saturated rings. The first kappa shape index (κ1) is 29.6. The van der Waals surface area contributed by atoms with E-state index in [-0.39, 0.29) is 63.9 Å². The average Bonchev–Trinajstić information content (AvgIpc) is 3.73. The van der Waals surface area contributed by atoms with Crippen LogP contribution in [0.15, 0.2) is 58.4 Å². The number of thioether (sulfide) groups is 1. The molecule has 2 aliphatic heterocycles. The van der Waals surface area contributed by atoms with Crippen molar-refractivity contribution in [2.45, 2.75) is 42.5 Å². The number of hydrogen-bond acceptors (Lipinski definition) is 9. The number of rotatable bonds is 8. The Hall–Kier alpha value is -4.10. The maximum Gasteiger partial charge on any atom is 0.327 e. The maximum atomic E-state index is 13.8. The second-order valence-electron chi connectivity index (χ2n) is 12.5. The van der Waals surface area contributed by atoms with E-state index in [0.29, 0.717) is 17.9 Å². The van der Waals surface area contributed by atoms with Gasteiger partial charge in [0.05, 0.1) is 16.9 Å². The van der Waals surface area contributed by atoms with Crippen LogP contribution in [0.2, 0.25) is 0 Å². The summed E-state index contributed by atoms with van der Waals surface area (Å²) >= 11 is 2.73. The van der Waals surface area contributed by atoms with Crippen LogP contribution in [0.25, 0.3) is 0 Å². The number of hydrogen-bond donors (Lipinski definition) is 4. The number of phenols is 1. The van der Waals surface area contributed by atoms with Crippen LogP contribution in [-0.2, 0) is 19.2 Å². The van der Waals surface area contributed by atoms with E-state index >= 15 is 0 Å². The number of amides is 3. The number of carboxylic acids is 1. The normalized spacial score (nSPS) is 28.5. The topological polar surface area (TPSA) is 166 Å². The number of imide groups is 1. The molecule has 2 saturated carbocycles. The highest BCUT2D eigenvalue weighted by atomic mass is 32.2. The van der Waals surface area contributed by atoms with Crippen LogP contribution in [0.5, 0.6) is 11.5 Å². The van der Waals surface area contributed by atoms with Gasteiger partial charge in [-0.2, -0.15) is 0 Å². The van der Waals surface area contributed by atoms with Crippen molar-refractivity contribution in [3.05, 3.63) is 68.6 Å². The number of nitrogens with zero attached hydrogens (tertiary/aromatic N) is 1. The number of benzene rings is 2. The van der Waals surface area contributed by atoms with Crippen LogP contribution in [-0.4, -0.2) is 61.7 Å². The molecular weight excluding hydrogens is 618 g/mol. The largest absolute Gasteiger partial charge is 0.508 e. The summed E-state index contributed by atoms with van der Waals surface area (Å²) in [6.07, 6.45) is 0.704. The number of thiazole rings is 1. The number of aromatic amines is 1. The van der Waals surface area contributed by atoms with E-state index < -0.39 is 29.8 Å². The molecule has 7 rings (SSSR count). The summed E-state index contributed by atoms with van der Waals surface area (Å²) in [5.74, 6) is -3.72. The fraction of sp³-hybridized carbons (Fsp3) is 0.406. The van der Waals surface area contributed by atoms with Gasteiger partial charge in [0.15, 0.2) is 6.61 Å². The Morgan fingerprint density at radius 2 is 1.69 bits per heavy atom. The first-order valence-electron chi connectivity index (χ1n) is 14.8. The summed E-state index contributed by atoms with van der Waals surface area (Å²) in [5, 5.41) is 22.8. The van der Waals surface area contributed by atoms with Gasteiger partial charge in [0.25, 0.3) is 5.91 Å². The molecule has 3 amide bonds. The van der Waals surface area contributed by atoms with Crippen molar-refractivity contribution in [1.29, 1.82) is 0 Å². The lowest BCUT2D eigenvalue weighted by Crippen LogP contribution is -2.49. The zero-order chi connectivity index (χ0) is 31.7. The van der Waals surface area contributed by atoms with Gasteiger partial charge >= 0.3 is 10.8 Å². The van der Waals surface area contributed by atoms with E-state index in [0.717, 1.165) is 31.7 Å². The molecule has 3 aromatic rings. The molecule has 2 aliphatic carbocycles. The third kappa shape index (κ3) is 4.83. The molecule has 1 saturated heterocycles. The molecule has 11 nitrogen and oxygen atoms in total. The number of ether oxygens (including phenoxy) is 1. The van der Waals surface area contributed by atoms with Crippen LogP contribution in [0.1, 0.15) is 36.6 Å². The average molecular weight is 650 g/mol. The van der Waals surface area contributed by atoms with Gasteiger partial charge in [-0.1, -0.05) is 37.3 Å². The van der Waals surface area contributed by atoms with Crippen molar-refractivity contribution in [1.82, 2.24) is 9.88 Å². The quantitative estimate of drug-likeness (QED) is 0.210. The highest BCUT2D eigenvalue weighted by molar-refractivity contribution is 8.00. The Morgan fingerprint density at radius 1 is 1.02 bits per heavy atom. The zero-order valence-corrected chi connectivity index (χ0v) is 26.0. The predicted molar refractivity (Wildman–Crippen MR) is 165 cm³/mol. The van der Waals surface area contributed by atoms with Crippen molar-refractivity contribution in [2.75, 3.05) is 11.9 Å². The number of carbonyl (C=O) groups is 4. The maximum absolute atomic E-state index is 13.8. The highest BCUT2D eigenvalue weighted by Crippen LogP contribution is 2.68. The van der Waals surface area contributed by atoms with Crippen LogP contribution in [0.4, 0.5) is 5.69 Å². The number of likely N-dealkylation sites (tertiary alicyclic amines) is 1. The molecule has 7 unspecified atom stereocenters.